The molecule has 1 heteroatoms. The molecule has 0 saturated heterocycles. The fraction of sp³-hybridized carbons (Fsp3) is 0.0526. The summed E-state index contributed by atoms with van der Waals surface area (Å²) >= 11 is 1.88. The van der Waals surface area contributed by atoms with Crippen molar-refractivity contribution in [2.45, 2.75) is 6.92 Å². The number of aryl methyl sites for hydroxylation is 1. The maximum Gasteiger partial charge on any atom is 0.0361 e. The predicted octanol–water partition coefficient (Wildman–Crippen LogP) is 6.03. The molecule has 96 valence electrons. The number of benzene rings is 3. The van der Waals surface area contributed by atoms with Crippen LogP contribution in [0.3, 0.4) is 0 Å². The minimum absolute atomic E-state index is 1.30. The van der Waals surface area contributed by atoms with Crippen LogP contribution in [0.5, 0.6) is 0 Å². The van der Waals surface area contributed by atoms with Gasteiger partial charge in [0.25, 0.3) is 0 Å². The number of hydrogen-bond acceptors (Lipinski definition) is 1. The molecular formula is C19H14S. The van der Waals surface area contributed by atoms with Crippen molar-refractivity contribution in [1.82, 2.24) is 0 Å². The third-order valence-electron chi connectivity index (χ3n) is 3.81. The van der Waals surface area contributed by atoms with Gasteiger partial charge in [0.05, 0.1) is 0 Å². The summed E-state index contributed by atoms with van der Waals surface area (Å²) in [6.45, 7) is 2.20. The zero-order valence-electron chi connectivity index (χ0n) is 11.3. The standard InChI is InChI=1S/C19H14S/c1-13-11-17-15-9-5-6-10-18(15)20-19(17)12-16(13)14-7-3-2-4-8-14/h2-12H,1H3. The summed E-state index contributed by atoms with van der Waals surface area (Å²) in [5.74, 6) is 0. The van der Waals surface area contributed by atoms with Crippen molar-refractivity contribution in [3.05, 3.63) is 72.3 Å². The first-order chi connectivity index (χ1) is 9.83. The summed E-state index contributed by atoms with van der Waals surface area (Å²) in [4.78, 5) is 0. The Balaban J connectivity index is 2.05. The molecule has 0 N–H and O–H groups in total. The number of hydrogen-bond donors (Lipinski definition) is 0. The zero-order chi connectivity index (χ0) is 13.5. The first-order valence-corrected chi connectivity index (χ1v) is 7.62. The molecule has 4 rings (SSSR count). The molecule has 0 saturated carbocycles. The molecule has 0 aliphatic heterocycles. The minimum Gasteiger partial charge on any atom is -0.135 e. The Labute approximate surface area is 122 Å². The quantitative estimate of drug-likeness (QED) is 0.397. The van der Waals surface area contributed by atoms with Gasteiger partial charge in [-0.1, -0.05) is 48.5 Å². The SMILES string of the molecule is Cc1cc2c(cc1-c1ccccc1)sc1ccccc12. The van der Waals surface area contributed by atoms with Crippen LogP contribution in [0.4, 0.5) is 0 Å². The van der Waals surface area contributed by atoms with Crippen LogP contribution in [0.15, 0.2) is 66.7 Å². The van der Waals surface area contributed by atoms with E-state index in [4.69, 9.17) is 0 Å². The molecule has 0 unspecified atom stereocenters. The van der Waals surface area contributed by atoms with Crippen molar-refractivity contribution in [1.29, 1.82) is 0 Å². The molecule has 0 atom stereocenters. The summed E-state index contributed by atoms with van der Waals surface area (Å²) in [6.07, 6.45) is 0. The smallest absolute Gasteiger partial charge is 0.0361 e. The van der Waals surface area contributed by atoms with E-state index in [1.54, 1.807) is 0 Å². The lowest BCUT2D eigenvalue weighted by Gasteiger charge is -2.06. The van der Waals surface area contributed by atoms with Crippen LogP contribution >= 0.6 is 11.3 Å². The lowest BCUT2D eigenvalue weighted by Crippen LogP contribution is -1.82. The zero-order valence-corrected chi connectivity index (χ0v) is 12.1. The van der Waals surface area contributed by atoms with Crippen LogP contribution in [0.25, 0.3) is 31.3 Å². The van der Waals surface area contributed by atoms with E-state index in [1.807, 2.05) is 11.3 Å². The topological polar surface area (TPSA) is 0 Å². The van der Waals surface area contributed by atoms with Crippen LogP contribution < -0.4 is 0 Å². The molecule has 0 fully saturated rings. The molecule has 20 heavy (non-hydrogen) atoms. The van der Waals surface area contributed by atoms with Crippen molar-refractivity contribution in [2.24, 2.45) is 0 Å². The van der Waals surface area contributed by atoms with Crippen LogP contribution in [-0.2, 0) is 0 Å². The first kappa shape index (κ1) is 11.7. The summed E-state index contributed by atoms with van der Waals surface area (Å²) in [5.41, 5.74) is 3.97. The largest absolute Gasteiger partial charge is 0.135 e. The van der Waals surface area contributed by atoms with Gasteiger partial charge in [0.2, 0.25) is 0 Å². The molecular weight excluding hydrogens is 260 g/mol. The lowest BCUT2D eigenvalue weighted by molar-refractivity contribution is 1.49. The molecule has 0 amide bonds. The van der Waals surface area contributed by atoms with Gasteiger partial charge in [0, 0.05) is 20.2 Å². The Bertz CT molecular complexity index is 901. The first-order valence-electron chi connectivity index (χ1n) is 6.80. The second kappa shape index (κ2) is 4.46. The van der Waals surface area contributed by atoms with Crippen molar-refractivity contribution < 1.29 is 0 Å². The highest BCUT2D eigenvalue weighted by Gasteiger charge is 2.08. The van der Waals surface area contributed by atoms with E-state index in [0.717, 1.165) is 0 Å². The van der Waals surface area contributed by atoms with Gasteiger partial charge < -0.3 is 0 Å². The van der Waals surface area contributed by atoms with Gasteiger partial charge in [0.1, 0.15) is 0 Å². The van der Waals surface area contributed by atoms with Crippen LogP contribution in [0.2, 0.25) is 0 Å². The number of thiophene rings is 1. The minimum atomic E-state index is 1.30. The molecule has 0 radical (unpaired) electrons. The lowest BCUT2D eigenvalue weighted by atomic mass is 9.98. The van der Waals surface area contributed by atoms with E-state index in [-0.39, 0.29) is 0 Å². The normalized spacial score (nSPS) is 11.2. The molecule has 4 aromatic rings. The second-order valence-corrected chi connectivity index (χ2v) is 6.21. The van der Waals surface area contributed by atoms with Crippen LogP contribution in [0.1, 0.15) is 5.56 Å². The Hall–Kier alpha value is -2.12. The van der Waals surface area contributed by atoms with Crippen LogP contribution in [-0.4, -0.2) is 0 Å². The molecule has 0 spiro atoms. The fourth-order valence-corrected chi connectivity index (χ4v) is 3.94. The number of rotatable bonds is 1. The molecule has 1 aromatic heterocycles. The van der Waals surface area contributed by atoms with Crippen molar-refractivity contribution in [2.75, 3.05) is 0 Å². The van der Waals surface area contributed by atoms with Gasteiger partial charge in [-0.2, -0.15) is 0 Å². The van der Waals surface area contributed by atoms with Crippen LogP contribution in [0, 0.1) is 6.92 Å². The van der Waals surface area contributed by atoms with Gasteiger partial charge in [-0.25, -0.2) is 0 Å². The summed E-state index contributed by atoms with van der Waals surface area (Å²) in [7, 11) is 0. The summed E-state index contributed by atoms with van der Waals surface area (Å²) < 4.78 is 2.74. The Morgan fingerprint density at radius 1 is 0.700 bits per heavy atom. The fourth-order valence-electron chi connectivity index (χ4n) is 2.81. The van der Waals surface area contributed by atoms with E-state index in [9.17, 15) is 0 Å². The molecule has 0 nitrogen and oxygen atoms in total. The maximum absolute atomic E-state index is 2.34. The average molecular weight is 274 g/mol. The van der Waals surface area contributed by atoms with Gasteiger partial charge in [-0.3, -0.25) is 0 Å². The van der Waals surface area contributed by atoms with E-state index >= 15 is 0 Å². The summed E-state index contributed by atoms with van der Waals surface area (Å²) in [5, 5.41) is 2.75. The third kappa shape index (κ3) is 1.75. The molecule has 3 aromatic carbocycles. The Morgan fingerprint density at radius 2 is 1.45 bits per heavy atom. The van der Waals surface area contributed by atoms with E-state index < -0.39 is 0 Å². The van der Waals surface area contributed by atoms with Gasteiger partial charge in [0.15, 0.2) is 0 Å². The van der Waals surface area contributed by atoms with Gasteiger partial charge in [-0.05, 0) is 41.8 Å². The van der Waals surface area contributed by atoms with Crippen molar-refractivity contribution in [3.8, 4) is 11.1 Å². The molecule has 0 aliphatic rings. The number of fused-ring (bicyclic) bond motifs is 3. The molecule has 0 aliphatic carbocycles. The maximum atomic E-state index is 2.34. The molecule has 0 bridgehead atoms. The van der Waals surface area contributed by atoms with Crippen molar-refractivity contribution >= 4 is 31.5 Å². The van der Waals surface area contributed by atoms with E-state index in [0.29, 0.717) is 0 Å². The highest BCUT2D eigenvalue weighted by Crippen LogP contribution is 2.37. The predicted molar refractivity (Wildman–Crippen MR) is 89.5 cm³/mol. The average Bonchev–Trinajstić information content (AvgIpc) is 2.85. The Morgan fingerprint density at radius 3 is 2.30 bits per heavy atom. The Kier molecular flexibility index (Phi) is 2.61. The van der Waals surface area contributed by atoms with Crippen molar-refractivity contribution in [3.63, 3.8) is 0 Å². The van der Waals surface area contributed by atoms with Gasteiger partial charge >= 0.3 is 0 Å². The highest BCUT2D eigenvalue weighted by molar-refractivity contribution is 7.25. The third-order valence-corrected chi connectivity index (χ3v) is 4.94. The van der Waals surface area contributed by atoms with E-state index in [2.05, 4.69) is 73.7 Å². The second-order valence-electron chi connectivity index (χ2n) is 5.13. The molecule has 1 heterocycles. The van der Waals surface area contributed by atoms with E-state index in [1.165, 1.54) is 36.9 Å². The monoisotopic (exact) mass is 274 g/mol. The highest BCUT2D eigenvalue weighted by atomic mass is 32.1. The summed E-state index contributed by atoms with van der Waals surface area (Å²) in [6, 6.07) is 24.0. The van der Waals surface area contributed by atoms with Gasteiger partial charge in [-0.15, -0.1) is 11.3 Å².